The Morgan fingerprint density at radius 2 is 2.03 bits per heavy atom. The quantitative estimate of drug-likeness (QED) is 0.775. The molecule has 3 atom stereocenters. The van der Waals surface area contributed by atoms with E-state index in [9.17, 15) is 9.59 Å². The van der Waals surface area contributed by atoms with E-state index >= 15 is 0 Å². The lowest BCUT2D eigenvalue weighted by atomic mass is 9.45. The Bertz CT molecular complexity index is 993. The molecule has 2 aromatic heterocycles. The summed E-state index contributed by atoms with van der Waals surface area (Å²) in [7, 11) is 0. The normalized spacial score (nSPS) is 27.0. The molecule has 6 nitrogen and oxygen atoms in total. The number of carbonyl (C=O) groups excluding carboxylic acids is 2. The molecule has 3 heterocycles. The van der Waals surface area contributed by atoms with E-state index in [0.29, 0.717) is 22.7 Å². The van der Waals surface area contributed by atoms with E-state index in [1.807, 2.05) is 45.5 Å². The Hall–Kier alpha value is -2.02. The van der Waals surface area contributed by atoms with Crippen LogP contribution in [0.15, 0.2) is 24.4 Å². The summed E-state index contributed by atoms with van der Waals surface area (Å²) in [6.45, 7) is 7.13. The monoisotopic (exact) mass is 440 g/mol. The average Bonchev–Trinajstić information content (AvgIpc) is 3.20. The third-order valence-corrected chi connectivity index (χ3v) is 8.94. The van der Waals surface area contributed by atoms with Crippen LogP contribution in [0.3, 0.4) is 0 Å². The molecule has 1 saturated heterocycles. The molecule has 7 heteroatoms. The van der Waals surface area contributed by atoms with Crippen molar-refractivity contribution >= 4 is 29.2 Å². The van der Waals surface area contributed by atoms with Gasteiger partial charge in [-0.05, 0) is 54.6 Å². The number of amides is 2. The number of nitrogens with one attached hydrogen (secondary N) is 1. The molecule has 1 aliphatic heterocycles. The molecule has 3 aliphatic carbocycles. The summed E-state index contributed by atoms with van der Waals surface area (Å²) in [6, 6.07) is 5.59. The molecule has 0 aromatic carbocycles. The lowest BCUT2D eigenvalue weighted by molar-refractivity contribution is -0.130. The molecule has 166 valence electrons. The van der Waals surface area contributed by atoms with Gasteiger partial charge in [0.1, 0.15) is 11.3 Å². The Balaban J connectivity index is 1.26. The molecular weight excluding hydrogens is 408 g/mol. The number of hydrogen-bond donors (Lipinski definition) is 1. The number of imidazole rings is 1. The van der Waals surface area contributed by atoms with Crippen LogP contribution in [0.4, 0.5) is 0 Å². The first kappa shape index (κ1) is 20.9. The van der Waals surface area contributed by atoms with Gasteiger partial charge in [0, 0.05) is 37.3 Å². The number of aromatic nitrogens is 2. The van der Waals surface area contributed by atoms with Gasteiger partial charge in [-0.25, -0.2) is 4.98 Å². The van der Waals surface area contributed by atoms with Gasteiger partial charge < -0.3 is 10.2 Å². The minimum absolute atomic E-state index is 0.0619. The second-order valence-corrected chi connectivity index (χ2v) is 11.2. The number of nitrogens with zero attached hydrogens (tertiary/aromatic N) is 3. The fraction of sp³-hybridized carbons (Fsp3) is 0.625. The van der Waals surface area contributed by atoms with Crippen molar-refractivity contribution in [1.29, 1.82) is 0 Å². The zero-order chi connectivity index (χ0) is 21.6. The molecule has 0 spiro atoms. The maximum atomic E-state index is 13.0. The first-order valence-corrected chi connectivity index (χ1v) is 12.7. The van der Waals surface area contributed by atoms with Crippen molar-refractivity contribution in [2.45, 2.75) is 39.5 Å². The predicted octanol–water partition coefficient (Wildman–Crippen LogP) is 3.25. The molecular formula is C24H32N4O2S. The van der Waals surface area contributed by atoms with Crippen LogP contribution >= 0.6 is 11.8 Å². The van der Waals surface area contributed by atoms with Gasteiger partial charge >= 0.3 is 0 Å². The van der Waals surface area contributed by atoms with Crippen molar-refractivity contribution in [2.75, 3.05) is 31.1 Å². The van der Waals surface area contributed by atoms with Gasteiger partial charge in [-0.3, -0.25) is 14.0 Å². The number of carbonyl (C=O) groups is 2. The Morgan fingerprint density at radius 1 is 1.23 bits per heavy atom. The fourth-order valence-corrected chi connectivity index (χ4v) is 6.84. The van der Waals surface area contributed by atoms with Gasteiger partial charge in [-0.1, -0.05) is 19.9 Å². The van der Waals surface area contributed by atoms with Crippen molar-refractivity contribution in [1.82, 2.24) is 19.6 Å². The van der Waals surface area contributed by atoms with Gasteiger partial charge in [-0.15, -0.1) is 0 Å². The predicted molar refractivity (Wildman–Crippen MR) is 123 cm³/mol. The molecule has 3 saturated carbocycles. The second kappa shape index (κ2) is 8.15. The van der Waals surface area contributed by atoms with E-state index in [0.717, 1.165) is 48.7 Å². The van der Waals surface area contributed by atoms with Crippen LogP contribution in [0.1, 0.15) is 49.3 Å². The first-order chi connectivity index (χ1) is 14.9. The number of fused-ring (bicyclic) bond motifs is 3. The summed E-state index contributed by atoms with van der Waals surface area (Å²) >= 11 is 1.89. The largest absolute Gasteiger partial charge is 0.350 e. The SMILES string of the molecule is CC1(C)C2CCC(CNC(=O)c3cccc4nc(CC(=O)N5CCSCC5)cn34)C1C2. The number of thioether (sulfide) groups is 1. The summed E-state index contributed by atoms with van der Waals surface area (Å²) in [5.74, 6) is 4.22. The van der Waals surface area contributed by atoms with Crippen LogP contribution in [-0.2, 0) is 11.2 Å². The maximum Gasteiger partial charge on any atom is 0.268 e. The number of hydrogen-bond acceptors (Lipinski definition) is 4. The third-order valence-electron chi connectivity index (χ3n) is 8.00. The molecule has 4 fully saturated rings. The van der Waals surface area contributed by atoms with Gasteiger partial charge in [0.2, 0.25) is 5.91 Å². The van der Waals surface area contributed by atoms with E-state index in [1.165, 1.54) is 19.3 Å². The highest BCUT2D eigenvalue weighted by molar-refractivity contribution is 7.99. The maximum absolute atomic E-state index is 13.0. The summed E-state index contributed by atoms with van der Waals surface area (Å²) < 4.78 is 1.83. The minimum atomic E-state index is -0.0619. The highest BCUT2D eigenvalue weighted by Crippen LogP contribution is 2.61. The zero-order valence-corrected chi connectivity index (χ0v) is 19.3. The van der Waals surface area contributed by atoms with Crippen LogP contribution < -0.4 is 5.32 Å². The molecule has 2 aromatic rings. The molecule has 2 amide bonds. The molecule has 3 unspecified atom stereocenters. The van der Waals surface area contributed by atoms with Crippen molar-refractivity contribution in [3.63, 3.8) is 0 Å². The van der Waals surface area contributed by atoms with Crippen LogP contribution in [0.5, 0.6) is 0 Å². The van der Waals surface area contributed by atoms with Crippen LogP contribution in [0.2, 0.25) is 0 Å². The van der Waals surface area contributed by atoms with Gasteiger partial charge in [-0.2, -0.15) is 11.8 Å². The average molecular weight is 441 g/mol. The number of rotatable bonds is 5. The Kier molecular flexibility index (Phi) is 5.49. The van der Waals surface area contributed by atoms with Crippen molar-refractivity contribution in [3.05, 3.63) is 35.8 Å². The minimum Gasteiger partial charge on any atom is -0.350 e. The standard InChI is InChI=1S/C24H32N4O2S/c1-24(2)17-7-6-16(19(24)12-17)14-25-23(30)20-4-3-5-21-26-18(15-28(20)21)13-22(29)27-8-10-31-11-9-27/h3-5,15-17,19H,6-14H2,1-2H3,(H,25,30). The lowest BCUT2D eigenvalue weighted by Crippen LogP contribution is -2.54. The number of pyridine rings is 1. The van der Waals surface area contributed by atoms with Gasteiger partial charge in [0.15, 0.2) is 0 Å². The molecule has 31 heavy (non-hydrogen) atoms. The lowest BCUT2D eigenvalue weighted by Gasteiger charge is -2.60. The fourth-order valence-electron chi connectivity index (χ4n) is 5.93. The third kappa shape index (κ3) is 3.86. The molecule has 4 aliphatic rings. The molecule has 0 radical (unpaired) electrons. The first-order valence-electron chi connectivity index (χ1n) is 11.5. The van der Waals surface area contributed by atoms with Crippen molar-refractivity contribution < 1.29 is 9.59 Å². The smallest absolute Gasteiger partial charge is 0.268 e. The Morgan fingerprint density at radius 3 is 2.77 bits per heavy atom. The van der Waals surface area contributed by atoms with Gasteiger partial charge in [0.05, 0.1) is 12.1 Å². The molecule has 1 N–H and O–H groups in total. The highest BCUT2D eigenvalue weighted by atomic mass is 32.2. The summed E-state index contributed by atoms with van der Waals surface area (Å²) in [5, 5.41) is 3.19. The van der Waals surface area contributed by atoms with Crippen molar-refractivity contribution in [3.8, 4) is 0 Å². The van der Waals surface area contributed by atoms with E-state index in [-0.39, 0.29) is 18.2 Å². The summed E-state index contributed by atoms with van der Waals surface area (Å²) in [4.78, 5) is 32.2. The van der Waals surface area contributed by atoms with E-state index in [2.05, 4.69) is 24.1 Å². The zero-order valence-electron chi connectivity index (χ0n) is 18.5. The van der Waals surface area contributed by atoms with E-state index in [4.69, 9.17) is 0 Å². The van der Waals surface area contributed by atoms with Gasteiger partial charge in [0.25, 0.3) is 5.91 Å². The summed E-state index contributed by atoms with van der Waals surface area (Å²) in [5.41, 5.74) is 2.44. The van der Waals surface area contributed by atoms with E-state index in [1.54, 1.807) is 0 Å². The van der Waals surface area contributed by atoms with Crippen LogP contribution in [0, 0.1) is 23.2 Å². The topological polar surface area (TPSA) is 66.7 Å². The molecule has 6 rings (SSSR count). The second-order valence-electron chi connectivity index (χ2n) is 9.95. The summed E-state index contributed by atoms with van der Waals surface area (Å²) in [6.07, 6.45) is 5.95. The van der Waals surface area contributed by atoms with E-state index < -0.39 is 0 Å². The highest BCUT2D eigenvalue weighted by Gasteiger charge is 2.53. The molecule has 2 bridgehead atoms. The van der Waals surface area contributed by atoms with Crippen LogP contribution in [-0.4, -0.2) is 57.2 Å². The Labute approximate surface area is 188 Å². The van der Waals surface area contributed by atoms with Crippen LogP contribution in [0.25, 0.3) is 5.65 Å². The van der Waals surface area contributed by atoms with Crippen molar-refractivity contribution in [2.24, 2.45) is 23.2 Å².